The van der Waals surface area contributed by atoms with Gasteiger partial charge in [0.1, 0.15) is 33.8 Å². The highest BCUT2D eigenvalue weighted by atomic mass is 16.4. The van der Waals surface area contributed by atoms with Crippen molar-refractivity contribution in [2.45, 2.75) is 13.8 Å². The third-order valence-corrected chi connectivity index (χ3v) is 8.46. The van der Waals surface area contributed by atoms with Crippen molar-refractivity contribution in [3.63, 3.8) is 0 Å². The third kappa shape index (κ3) is 4.35. The van der Waals surface area contributed by atoms with E-state index in [-0.39, 0.29) is 0 Å². The van der Waals surface area contributed by atoms with Gasteiger partial charge in [-0.15, -0.1) is 0 Å². The molecule has 8 aromatic rings. The average molecular weight is 594 g/mol. The van der Waals surface area contributed by atoms with E-state index in [1.54, 1.807) is 30.3 Å². The summed E-state index contributed by atoms with van der Waals surface area (Å²) >= 11 is 0. The van der Waals surface area contributed by atoms with Gasteiger partial charge in [0, 0.05) is 41.0 Å². The highest BCUT2D eigenvalue weighted by Crippen LogP contribution is 2.37. The van der Waals surface area contributed by atoms with Crippen molar-refractivity contribution in [1.29, 1.82) is 0 Å². The van der Waals surface area contributed by atoms with Crippen LogP contribution in [0.4, 0.5) is 5.69 Å². The van der Waals surface area contributed by atoms with Crippen molar-refractivity contribution in [1.82, 2.24) is 0 Å². The van der Waals surface area contributed by atoms with Crippen LogP contribution in [0, 0.1) is 0 Å². The van der Waals surface area contributed by atoms with E-state index in [4.69, 9.17) is 17.7 Å². The first kappa shape index (κ1) is 26.8. The van der Waals surface area contributed by atoms with Crippen LogP contribution in [0.5, 0.6) is 0 Å². The molecular formula is C38H27NO6. The molecule has 0 unspecified atom stereocenters. The van der Waals surface area contributed by atoms with Crippen LogP contribution in [-0.4, -0.2) is 13.1 Å². The quantitative estimate of drug-likeness (QED) is 0.140. The van der Waals surface area contributed by atoms with E-state index in [1.165, 1.54) is 0 Å². The SMILES string of the molecule is CCN(CC)c1ccc2cc(-c3ccc(-c4ccc(-c5cc6c7ccccc7c7ccccc7c6oc5=O)o4)o3)c(=O)oc2c1. The van der Waals surface area contributed by atoms with Gasteiger partial charge in [0.05, 0.1) is 0 Å². The van der Waals surface area contributed by atoms with E-state index in [1.807, 2.05) is 66.7 Å². The van der Waals surface area contributed by atoms with Gasteiger partial charge < -0.3 is 22.6 Å². The first-order valence-electron chi connectivity index (χ1n) is 14.9. The number of benzene rings is 4. The smallest absolute Gasteiger partial charge is 0.347 e. The molecular weight excluding hydrogens is 566 g/mol. The van der Waals surface area contributed by atoms with Crippen LogP contribution >= 0.6 is 0 Å². The number of fused-ring (bicyclic) bond motifs is 7. The summed E-state index contributed by atoms with van der Waals surface area (Å²) in [7, 11) is 0. The second-order valence-electron chi connectivity index (χ2n) is 11.0. The Kier molecular flexibility index (Phi) is 6.20. The van der Waals surface area contributed by atoms with Gasteiger partial charge in [0.2, 0.25) is 0 Å². The third-order valence-electron chi connectivity index (χ3n) is 8.46. The zero-order chi connectivity index (χ0) is 30.7. The van der Waals surface area contributed by atoms with Gasteiger partial charge in [0.25, 0.3) is 0 Å². The Morgan fingerprint density at radius 3 is 1.69 bits per heavy atom. The molecule has 45 heavy (non-hydrogen) atoms. The molecule has 0 atom stereocenters. The Labute approximate surface area is 256 Å². The summed E-state index contributed by atoms with van der Waals surface area (Å²) in [6, 6.07) is 32.3. The van der Waals surface area contributed by atoms with Gasteiger partial charge in [-0.3, -0.25) is 0 Å². The number of furan rings is 2. The lowest BCUT2D eigenvalue weighted by molar-refractivity contribution is 0.525. The topological polar surface area (TPSA) is 89.9 Å². The van der Waals surface area contributed by atoms with E-state index in [0.29, 0.717) is 45.3 Å². The van der Waals surface area contributed by atoms with Crippen molar-refractivity contribution in [3.8, 4) is 34.2 Å². The fraction of sp³-hybridized carbons (Fsp3) is 0.105. The molecule has 0 radical (unpaired) electrons. The van der Waals surface area contributed by atoms with Crippen LogP contribution in [0.2, 0.25) is 0 Å². The minimum atomic E-state index is -0.498. The first-order chi connectivity index (χ1) is 22.0. The van der Waals surface area contributed by atoms with Gasteiger partial charge in [-0.1, -0.05) is 48.5 Å². The summed E-state index contributed by atoms with van der Waals surface area (Å²) < 4.78 is 23.8. The van der Waals surface area contributed by atoms with Gasteiger partial charge in [-0.2, -0.15) is 0 Å². The van der Waals surface area contributed by atoms with E-state index in [0.717, 1.165) is 51.1 Å². The van der Waals surface area contributed by atoms with Crippen LogP contribution in [0.15, 0.2) is 130 Å². The normalized spacial score (nSPS) is 11.7. The number of hydrogen-bond acceptors (Lipinski definition) is 7. The largest absolute Gasteiger partial charge is 0.453 e. The number of anilines is 1. The Hall–Kier alpha value is -5.82. The van der Waals surface area contributed by atoms with E-state index in [9.17, 15) is 9.59 Å². The fourth-order valence-electron chi connectivity index (χ4n) is 6.20. The molecule has 4 heterocycles. The molecule has 4 aromatic heterocycles. The fourth-order valence-corrected chi connectivity index (χ4v) is 6.20. The van der Waals surface area contributed by atoms with Crippen LogP contribution < -0.4 is 16.2 Å². The maximum absolute atomic E-state index is 13.3. The Bertz CT molecular complexity index is 2530. The summed E-state index contributed by atoms with van der Waals surface area (Å²) in [5, 5.41) is 5.57. The molecule has 0 bridgehead atoms. The predicted molar refractivity (Wildman–Crippen MR) is 178 cm³/mol. The molecule has 0 fully saturated rings. The average Bonchev–Trinajstić information content (AvgIpc) is 3.76. The molecule has 8 rings (SSSR count). The van der Waals surface area contributed by atoms with Gasteiger partial charge in [0.15, 0.2) is 11.5 Å². The lowest BCUT2D eigenvalue weighted by atomic mass is 9.97. The zero-order valence-electron chi connectivity index (χ0n) is 24.6. The van der Waals surface area contributed by atoms with Crippen LogP contribution in [0.25, 0.3) is 77.7 Å². The predicted octanol–water partition coefficient (Wildman–Crippen LogP) is 9.24. The van der Waals surface area contributed by atoms with Gasteiger partial charge >= 0.3 is 11.3 Å². The summed E-state index contributed by atoms with van der Waals surface area (Å²) in [5.74, 6) is 1.53. The molecule has 4 aromatic carbocycles. The van der Waals surface area contributed by atoms with Crippen LogP contribution in [-0.2, 0) is 0 Å². The van der Waals surface area contributed by atoms with Crippen molar-refractivity contribution in [2.24, 2.45) is 0 Å². The van der Waals surface area contributed by atoms with Crippen molar-refractivity contribution in [2.75, 3.05) is 18.0 Å². The van der Waals surface area contributed by atoms with Crippen molar-refractivity contribution < 1.29 is 17.7 Å². The molecule has 0 aliphatic carbocycles. The Morgan fingerprint density at radius 2 is 1.04 bits per heavy atom. The van der Waals surface area contributed by atoms with Crippen LogP contribution in [0.3, 0.4) is 0 Å². The highest BCUT2D eigenvalue weighted by molar-refractivity contribution is 6.23. The maximum atomic E-state index is 13.3. The maximum Gasteiger partial charge on any atom is 0.347 e. The molecule has 220 valence electrons. The molecule has 0 aliphatic rings. The van der Waals surface area contributed by atoms with Crippen molar-refractivity contribution in [3.05, 3.63) is 124 Å². The monoisotopic (exact) mass is 593 g/mol. The van der Waals surface area contributed by atoms with E-state index in [2.05, 4.69) is 24.8 Å². The molecule has 0 aliphatic heterocycles. The van der Waals surface area contributed by atoms with E-state index < -0.39 is 11.3 Å². The number of nitrogens with zero attached hydrogens (tertiary/aromatic N) is 1. The van der Waals surface area contributed by atoms with E-state index >= 15 is 0 Å². The molecule has 0 spiro atoms. The zero-order valence-corrected chi connectivity index (χ0v) is 24.6. The summed E-state index contributed by atoms with van der Waals surface area (Å²) in [6.07, 6.45) is 0. The molecule has 0 amide bonds. The second-order valence-corrected chi connectivity index (χ2v) is 11.0. The summed E-state index contributed by atoms with van der Waals surface area (Å²) in [4.78, 5) is 28.5. The van der Waals surface area contributed by atoms with Gasteiger partial charge in [-0.05, 0) is 78.5 Å². The molecule has 7 heteroatoms. The lowest BCUT2D eigenvalue weighted by Gasteiger charge is -2.20. The second kappa shape index (κ2) is 10.4. The number of rotatable bonds is 6. The summed E-state index contributed by atoms with van der Waals surface area (Å²) in [5.41, 5.74) is 1.69. The highest BCUT2D eigenvalue weighted by Gasteiger charge is 2.19. The minimum Gasteiger partial charge on any atom is -0.453 e. The lowest BCUT2D eigenvalue weighted by Crippen LogP contribution is -2.21. The molecule has 0 saturated carbocycles. The standard InChI is InChI=1S/C38H27NO6/c1-3-39(4-2)23-14-13-22-19-29(37(40)44-35(22)20-23)31-15-17-33(42-31)34-18-16-32(43-34)30-21-28-26-11-6-5-9-24(26)25-10-7-8-12-27(25)36(28)45-38(30)41/h5-21H,3-4H2,1-2H3. The molecule has 0 N–H and O–H groups in total. The molecule has 0 saturated heterocycles. The number of hydrogen-bond donors (Lipinski definition) is 0. The van der Waals surface area contributed by atoms with Crippen molar-refractivity contribution >= 4 is 49.2 Å². The Balaban J connectivity index is 1.17. The minimum absolute atomic E-state index is 0.306. The summed E-state index contributed by atoms with van der Waals surface area (Å²) in [6.45, 7) is 5.88. The Morgan fingerprint density at radius 1 is 0.511 bits per heavy atom. The molecule has 7 nitrogen and oxygen atoms in total. The first-order valence-corrected chi connectivity index (χ1v) is 14.9. The van der Waals surface area contributed by atoms with Crippen LogP contribution in [0.1, 0.15) is 13.8 Å². The van der Waals surface area contributed by atoms with Gasteiger partial charge in [-0.25, -0.2) is 9.59 Å².